The molecule has 154 valence electrons. The van der Waals surface area contributed by atoms with E-state index in [0.717, 1.165) is 19.3 Å². The van der Waals surface area contributed by atoms with E-state index in [1.165, 1.54) is 23.0 Å². The Balaban J connectivity index is 1.50. The smallest absolute Gasteiger partial charge is 0.344 e. The first-order valence-electron chi connectivity index (χ1n) is 9.74. The number of fused-ring (bicyclic) bond motifs is 1. The van der Waals surface area contributed by atoms with Crippen LogP contribution in [0.15, 0.2) is 18.2 Å². The minimum atomic E-state index is -3.10. The summed E-state index contributed by atoms with van der Waals surface area (Å²) < 4.78 is 34.1. The average molecular weight is 410 g/mol. The van der Waals surface area contributed by atoms with Crippen LogP contribution >= 0.6 is 0 Å². The molecule has 1 aromatic rings. The Morgan fingerprint density at radius 2 is 2.00 bits per heavy atom. The van der Waals surface area contributed by atoms with Crippen molar-refractivity contribution in [1.29, 1.82) is 0 Å². The summed E-state index contributed by atoms with van der Waals surface area (Å²) in [6.07, 6.45) is 2.67. The lowest BCUT2D eigenvalue weighted by atomic mass is 10.1. The van der Waals surface area contributed by atoms with Crippen LogP contribution < -0.4 is 4.74 Å². The normalized spacial score (nSPS) is 21.0. The van der Waals surface area contributed by atoms with Crippen molar-refractivity contribution in [3.8, 4) is 5.75 Å². The van der Waals surface area contributed by atoms with Crippen molar-refractivity contribution in [3.05, 3.63) is 29.3 Å². The molecule has 2 aliphatic rings. The van der Waals surface area contributed by atoms with Gasteiger partial charge in [0.25, 0.3) is 5.91 Å². The molecule has 3 rings (SSSR count). The van der Waals surface area contributed by atoms with E-state index >= 15 is 0 Å². The second kappa shape index (κ2) is 8.51. The summed E-state index contributed by atoms with van der Waals surface area (Å²) in [6, 6.07) is 5.45. The van der Waals surface area contributed by atoms with E-state index in [-0.39, 0.29) is 30.1 Å². The Morgan fingerprint density at radius 1 is 1.25 bits per heavy atom. The van der Waals surface area contributed by atoms with Gasteiger partial charge < -0.3 is 14.4 Å². The molecule has 1 aliphatic carbocycles. The Labute approximate surface area is 165 Å². The van der Waals surface area contributed by atoms with Crippen molar-refractivity contribution in [2.75, 3.05) is 24.7 Å². The molecule has 1 aromatic carbocycles. The van der Waals surface area contributed by atoms with Gasteiger partial charge in [-0.05, 0) is 62.8 Å². The van der Waals surface area contributed by atoms with E-state index in [1.807, 2.05) is 18.2 Å². The van der Waals surface area contributed by atoms with Crippen LogP contribution in [0.5, 0.6) is 5.75 Å². The molecule has 0 aromatic heterocycles. The summed E-state index contributed by atoms with van der Waals surface area (Å²) in [5.41, 5.74) is 2.57. The fourth-order valence-electron chi connectivity index (χ4n) is 3.91. The second-order valence-electron chi connectivity index (χ2n) is 7.39. The van der Waals surface area contributed by atoms with E-state index in [1.54, 1.807) is 6.92 Å². The SMILES string of the molecule is CCN(C(=O)[C@H](C)OC(=O)COc1ccc2c(c1)CCC2)[C@H]1CCS(=O)(=O)C1. The van der Waals surface area contributed by atoms with Gasteiger partial charge in [0.1, 0.15) is 5.75 Å². The molecular weight excluding hydrogens is 382 g/mol. The van der Waals surface area contributed by atoms with Crippen LogP contribution in [0.4, 0.5) is 0 Å². The molecule has 1 aliphatic heterocycles. The lowest BCUT2D eigenvalue weighted by Gasteiger charge is -2.29. The molecule has 0 bridgehead atoms. The Morgan fingerprint density at radius 3 is 2.68 bits per heavy atom. The zero-order valence-corrected chi connectivity index (χ0v) is 17.2. The monoisotopic (exact) mass is 409 g/mol. The van der Waals surface area contributed by atoms with Crippen molar-refractivity contribution < 1.29 is 27.5 Å². The van der Waals surface area contributed by atoms with Crippen molar-refractivity contribution in [3.63, 3.8) is 0 Å². The highest BCUT2D eigenvalue weighted by Crippen LogP contribution is 2.26. The first kappa shape index (κ1) is 20.6. The molecule has 1 heterocycles. The second-order valence-corrected chi connectivity index (χ2v) is 9.61. The summed E-state index contributed by atoms with van der Waals surface area (Å²) >= 11 is 0. The van der Waals surface area contributed by atoms with Crippen LogP contribution in [0.2, 0.25) is 0 Å². The number of carbonyl (C=O) groups excluding carboxylic acids is 2. The van der Waals surface area contributed by atoms with Gasteiger partial charge >= 0.3 is 5.97 Å². The molecule has 28 heavy (non-hydrogen) atoms. The zero-order valence-electron chi connectivity index (χ0n) is 16.3. The van der Waals surface area contributed by atoms with Gasteiger partial charge in [0.2, 0.25) is 0 Å². The van der Waals surface area contributed by atoms with Gasteiger partial charge in [-0.1, -0.05) is 6.07 Å². The van der Waals surface area contributed by atoms with Gasteiger partial charge in [-0.25, -0.2) is 13.2 Å². The molecule has 7 nitrogen and oxygen atoms in total. The third kappa shape index (κ3) is 4.84. The maximum Gasteiger partial charge on any atom is 0.344 e. The number of esters is 1. The third-order valence-corrected chi connectivity index (χ3v) is 7.11. The first-order chi connectivity index (χ1) is 13.3. The van der Waals surface area contributed by atoms with E-state index in [9.17, 15) is 18.0 Å². The van der Waals surface area contributed by atoms with Crippen LogP contribution in [-0.2, 0) is 37.0 Å². The maximum absolute atomic E-state index is 12.6. The summed E-state index contributed by atoms with van der Waals surface area (Å²) in [4.78, 5) is 26.2. The summed E-state index contributed by atoms with van der Waals surface area (Å²) in [5.74, 6) is -0.339. The fraction of sp³-hybridized carbons (Fsp3) is 0.600. The number of hydrogen-bond acceptors (Lipinski definition) is 6. The molecule has 0 radical (unpaired) electrons. The van der Waals surface area contributed by atoms with Gasteiger partial charge in [0, 0.05) is 12.6 Å². The van der Waals surface area contributed by atoms with E-state index in [2.05, 4.69) is 0 Å². The average Bonchev–Trinajstić information content (AvgIpc) is 3.26. The number of likely N-dealkylation sites (N-methyl/N-ethyl adjacent to an activating group) is 1. The lowest BCUT2D eigenvalue weighted by molar-refractivity contribution is -0.161. The molecule has 0 saturated carbocycles. The zero-order chi connectivity index (χ0) is 20.3. The van der Waals surface area contributed by atoms with Gasteiger partial charge in [-0.2, -0.15) is 0 Å². The number of nitrogens with zero attached hydrogens (tertiary/aromatic N) is 1. The maximum atomic E-state index is 12.6. The highest BCUT2D eigenvalue weighted by Gasteiger charge is 2.36. The molecule has 1 saturated heterocycles. The Kier molecular flexibility index (Phi) is 6.27. The number of ether oxygens (including phenoxy) is 2. The molecule has 0 spiro atoms. The van der Waals surface area contributed by atoms with Gasteiger partial charge in [0.05, 0.1) is 11.5 Å². The Bertz CT molecular complexity index is 850. The molecule has 0 N–H and O–H groups in total. The standard InChI is InChI=1S/C20H27NO6S/c1-3-21(17-9-10-28(24,25)13-17)20(23)14(2)27-19(22)12-26-18-8-7-15-5-4-6-16(15)11-18/h7-8,11,14,17H,3-6,9-10,12-13H2,1-2H3/t14-,17-/m0/s1. The minimum Gasteiger partial charge on any atom is -0.482 e. The summed E-state index contributed by atoms with van der Waals surface area (Å²) in [5, 5.41) is 0. The van der Waals surface area contributed by atoms with Gasteiger partial charge in [0.15, 0.2) is 22.5 Å². The van der Waals surface area contributed by atoms with Crippen LogP contribution in [-0.4, -0.2) is 62.0 Å². The van der Waals surface area contributed by atoms with Crippen molar-refractivity contribution in [1.82, 2.24) is 4.90 Å². The number of amides is 1. The molecule has 2 atom stereocenters. The van der Waals surface area contributed by atoms with E-state index < -0.39 is 21.9 Å². The molecule has 8 heteroatoms. The number of aryl methyl sites for hydroxylation is 2. The fourth-order valence-corrected chi connectivity index (χ4v) is 5.64. The van der Waals surface area contributed by atoms with Crippen molar-refractivity contribution in [2.45, 2.75) is 51.7 Å². The van der Waals surface area contributed by atoms with Crippen LogP contribution in [0.1, 0.15) is 37.8 Å². The molecule has 1 amide bonds. The van der Waals surface area contributed by atoms with Gasteiger partial charge in [-0.3, -0.25) is 4.79 Å². The van der Waals surface area contributed by atoms with Crippen LogP contribution in [0.25, 0.3) is 0 Å². The lowest BCUT2D eigenvalue weighted by Crippen LogP contribution is -2.46. The largest absolute Gasteiger partial charge is 0.482 e. The minimum absolute atomic E-state index is 0.0330. The first-order valence-corrected chi connectivity index (χ1v) is 11.6. The predicted molar refractivity (Wildman–Crippen MR) is 104 cm³/mol. The van der Waals surface area contributed by atoms with Crippen molar-refractivity contribution in [2.24, 2.45) is 0 Å². The number of sulfone groups is 1. The Hall–Kier alpha value is -2.09. The number of hydrogen-bond donors (Lipinski definition) is 0. The van der Waals surface area contributed by atoms with Crippen LogP contribution in [0, 0.1) is 0 Å². The van der Waals surface area contributed by atoms with Crippen molar-refractivity contribution >= 4 is 21.7 Å². The number of rotatable bonds is 7. The van der Waals surface area contributed by atoms with Crippen LogP contribution in [0.3, 0.4) is 0 Å². The highest BCUT2D eigenvalue weighted by atomic mass is 32.2. The number of carbonyl (C=O) groups is 2. The van der Waals surface area contributed by atoms with E-state index in [4.69, 9.17) is 9.47 Å². The van der Waals surface area contributed by atoms with Gasteiger partial charge in [-0.15, -0.1) is 0 Å². The van der Waals surface area contributed by atoms with E-state index in [0.29, 0.717) is 18.7 Å². The quantitative estimate of drug-likeness (QED) is 0.635. The summed E-state index contributed by atoms with van der Waals surface area (Å²) in [6.45, 7) is 3.38. The molecular formula is C20H27NO6S. The topological polar surface area (TPSA) is 90.0 Å². The molecule has 0 unspecified atom stereocenters. The summed E-state index contributed by atoms with van der Waals surface area (Å²) in [7, 11) is -3.10. The number of benzene rings is 1. The molecule has 1 fully saturated rings. The third-order valence-electron chi connectivity index (χ3n) is 5.36. The predicted octanol–water partition coefficient (Wildman–Crippen LogP) is 1.52. The highest BCUT2D eigenvalue weighted by molar-refractivity contribution is 7.91.